The maximum atomic E-state index is 13.0. The van der Waals surface area contributed by atoms with Crippen LogP contribution in [0.5, 0.6) is 0 Å². The van der Waals surface area contributed by atoms with Gasteiger partial charge in [-0.15, -0.1) is 0 Å². The SMILES string of the molecule is CC(C)[C@@H]1O[C@H](c2ccccc2)C[C@H]1S(=O)(=O)c1ccccc1. The molecule has 2 aromatic carbocycles. The third kappa shape index (κ3) is 3.19. The second-order valence-electron chi connectivity index (χ2n) is 6.38. The summed E-state index contributed by atoms with van der Waals surface area (Å²) in [5, 5.41) is -0.505. The highest BCUT2D eigenvalue weighted by Crippen LogP contribution is 2.41. The molecule has 0 saturated carbocycles. The third-order valence-corrected chi connectivity index (χ3v) is 6.62. The number of sulfone groups is 1. The Hall–Kier alpha value is -1.65. The van der Waals surface area contributed by atoms with Crippen molar-refractivity contribution in [2.75, 3.05) is 0 Å². The van der Waals surface area contributed by atoms with Crippen LogP contribution >= 0.6 is 0 Å². The van der Waals surface area contributed by atoms with Gasteiger partial charge in [0.05, 0.1) is 22.4 Å². The molecule has 1 heterocycles. The van der Waals surface area contributed by atoms with Crippen LogP contribution in [0.2, 0.25) is 0 Å². The topological polar surface area (TPSA) is 43.4 Å². The maximum absolute atomic E-state index is 13.0. The number of hydrogen-bond donors (Lipinski definition) is 0. The Kier molecular flexibility index (Phi) is 4.55. The van der Waals surface area contributed by atoms with Gasteiger partial charge in [-0.2, -0.15) is 0 Å². The maximum Gasteiger partial charge on any atom is 0.183 e. The third-order valence-electron chi connectivity index (χ3n) is 4.43. The van der Waals surface area contributed by atoms with Crippen LogP contribution < -0.4 is 0 Å². The van der Waals surface area contributed by atoms with Crippen molar-refractivity contribution < 1.29 is 13.2 Å². The van der Waals surface area contributed by atoms with Gasteiger partial charge < -0.3 is 4.74 Å². The summed E-state index contributed by atoms with van der Waals surface area (Å²) in [6.45, 7) is 4.04. The van der Waals surface area contributed by atoms with Gasteiger partial charge in [0.1, 0.15) is 0 Å². The van der Waals surface area contributed by atoms with Crippen molar-refractivity contribution in [2.45, 2.75) is 42.6 Å². The van der Waals surface area contributed by atoms with Gasteiger partial charge in [-0.05, 0) is 30.0 Å². The van der Waals surface area contributed by atoms with Crippen molar-refractivity contribution in [2.24, 2.45) is 5.92 Å². The zero-order chi connectivity index (χ0) is 16.4. The van der Waals surface area contributed by atoms with E-state index < -0.39 is 15.1 Å². The molecule has 122 valence electrons. The standard InChI is InChI=1S/C19H22O3S/c1-14(2)19-18(23(20,21)16-11-7-4-8-12-16)13-17(22-19)15-9-5-3-6-10-15/h3-12,14,17-19H,13H2,1-2H3/t17-,18+,19-/m0/s1. The molecule has 23 heavy (non-hydrogen) atoms. The highest BCUT2D eigenvalue weighted by atomic mass is 32.2. The molecule has 1 aliphatic heterocycles. The first kappa shape index (κ1) is 16.2. The van der Waals surface area contributed by atoms with Crippen molar-refractivity contribution >= 4 is 9.84 Å². The van der Waals surface area contributed by atoms with E-state index in [1.165, 1.54) is 0 Å². The molecule has 1 fully saturated rings. The number of rotatable bonds is 4. The van der Waals surface area contributed by atoms with Crippen molar-refractivity contribution in [1.82, 2.24) is 0 Å². The molecule has 1 aliphatic rings. The monoisotopic (exact) mass is 330 g/mol. The molecule has 1 saturated heterocycles. The Morgan fingerprint density at radius 2 is 1.52 bits per heavy atom. The number of ether oxygens (including phenoxy) is 1. The van der Waals surface area contributed by atoms with Crippen molar-refractivity contribution in [3.8, 4) is 0 Å². The van der Waals surface area contributed by atoms with E-state index >= 15 is 0 Å². The molecule has 0 radical (unpaired) electrons. The number of benzene rings is 2. The van der Waals surface area contributed by atoms with Crippen LogP contribution in [-0.2, 0) is 14.6 Å². The van der Waals surface area contributed by atoms with Crippen molar-refractivity contribution in [3.63, 3.8) is 0 Å². The Balaban J connectivity index is 1.94. The van der Waals surface area contributed by atoms with Crippen molar-refractivity contribution in [1.29, 1.82) is 0 Å². The fraction of sp³-hybridized carbons (Fsp3) is 0.368. The fourth-order valence-electron chi connectivity index (χ4n) is 3.23. The Labute approximate surface area is 138 Å². The minimum Gasteiger partial charge on any atom is -0.369 e. The van der Waals surface area contributed by atoms with Gasteiger partial charge in [-0.3, -0.25) is 0 Å². The Bertz CT molecular complexity index is 739. The van der Waals surface area contributed by atoms with E-state index in [9.17, 15) is 8.42 Å². The second kappa shape index (κ2) is 6.46. The molecular weight excluding hydrogens is 308 g/mol. The molecule has 0 N–H and O–H groups in total. The average molecular weight is 330 g/mol. The summed E-state index contributed by atoms with van der Waals surface area (Å²) < 4.78 is 32.2. The lowest BCUT2D eigenvalue weighted by Gasteiger charge is -2.22. The van der Waals surface area contributed by atoms with Gasteiger partial charge >= 0.3 is 0 Å². The quantitative estimate of drug-likeness (QED) is 0.850. The van der Waals surface area contributed by atoms with Crippen molar-refractivity contribution in [3.05, 3.63) is 66.2 Å². The zero-order valence-electron chi connectivity index (χ0n) is 13.4. The molecule has 0 unspecified atom stereocenters. The van der Waals surface area contributed by atoms with Crippen LogP contribution in [0.25, 0.3) is 0 Å². The summed E-state index contributed by atoms with van der Waals surface area (Å²) >= 11 is 0. The molecule has 0 aliphatic carbocycles. The molecule has 3 nitrogen and oxygen atoms in total. The summed E-state index contributed by atoms with van der Waals surface area (Å²) in [6, 6.07) is 18.6. The van der Waals surface area contributed by atoms with Gasteiger partial charge in [0.2, 0.25) is 0 Å². The highest BCUT2D eigenvalue weighted by molar-refractivity contribution is 7.92. The lowest BCUT2D eigenvalue weighted by Crippen LogP contribution is -2.34. The lowest BCUT2D eigenvalue weighted by atomic mass is 10.0. The van der Waals surface area contributed by atoms with Gasteiger partial charge in [-0.25, -0.2) is 8.42 Å². The molecule has 0 aromatic heterocycles. The summed E-state index contributed by atoms with van der Waals surface area (Å²) in [4.78, 5) is 0.382. The molecule has 0 spiro atoms. The molecule has 4 heteroatoms. The smallest absolute Gasteiger partial charge is 0.183 e. The minimum absolute atomic E-state index is 0.146. The van der Waals surface area contributed by atoms with E-state index in [2.05, 4.69) is 0 Å². The summed E-state index contributed by atoms with van der Waals surface area (Å²) in [5.41, 5.74) is 1.05. The Morgan fingerprint density at radius 3 is 2.09 bits per heavy atom. The van der Waals surface area contributed by atoms with E-state index in [-0.39, 0.29) is 18.1 Å². The van der Waals surface area contributed by atoms with E-state index in [1.54, 1.807) is 24.3 Å². The molecule has 0 amide bonds. The molecule has 0 bridgehead atoms. The Morgan fingerprint density at radius 1 is 0.957 bits per heavy atom. The van der Waals surface area contributed by atoms with Crippen LogP contribution in [0.1, 0.15) is 31.9 Å². The largest absolute Gasteiger partial charge is 0.369 e. The summed E-state index contributed by atoms with van der Waals surface area (Å²) in [5.74, 6) is 0.146. The van der Waals surface area contributed by atoms with Crippen LogP contribution in [0.3, 0.4) is 0 Å². The fourth-order valence-corrected chi connectivity index (χ4v) is 5.28. The molecule has 3 rings (SSSR count). The zero-order valence-corrected chi connectivity index (χ0v) is 14.2. The van der Waals surface area contributed by atoms with Crippen LogP contribution in [0.15, 0.2) is 65.6 Å². The van der Waals surface area contributed by atoms with Gasteiger partial charge in [0, 0.05) is 0 Å². The van der Waals surface area contributed by atoms with Gasteiger partial charge in [-0.1, -0.05) is 62.4 Å². The molecular formula is C19H22O3S. The van der Waals surface area contributed by atoms with Gasteiger partial charge in [0.15, 0.2) is 9.84 Å². The van der Waals surface area contributed by atoms with Crippen LogP contribution in [0, 0.1) is 5.92 Å². The second-order valence-corrected chi connectivity index (χ2v) is 8.54. The van der Waals surface area contributed by atoms with E-state index in [0.29, 0.717) is 11.3 Å². The van der Waals surface area contributed by atoms with Crippen LogP contribution in [0.4, 0.5) is 0 Å². The average Bonchev–Trinajstić information content (AvgIpc) is 3.03. The lowest BCUT2D eigenvalue weighted by molar-refractivity contribution is 0.0196. The minimum atomic E-state index is -3.40. The molecule has 2 aromatic rings. The van der Waals surface area contributed by atoms with E-state index in [0.717, 1.165) is 5.56 Å². The van der Waals surface area contributed by atoms with E-state index in [4.69, 9.17) is 4.74 Å². The first-order valence-corrected chi connectivity index (χ1v) is 9.54. The summed E-state index contributed by atoms with van der Waals surface area (Å²) in [7, 11) is -3.40. The van der Waals surface area contributed by atoms with Crippen LogP contribution in [-0.4, -0.2) is 19.8 Å². The predicted octanol–water partition coefficient (Wildman–Crippen LogP) is 4.02. The van der Waals surface area contributed by atoms with Gasteiger partial charge in [0.25, 0.3) is 0 Å². The van der Waals surface area contributed by atoms with E-state index in [1.807, 2.05) is 50.2 Å². The number of hydrogen-bond acceptors (Lipinski definition) is 3. The first-order valence-electron chi connectivity index (χ1n) is 7.99. The predicted molar refractivity (Wildman–Crippen MR) is 90.9 cm³/mol. The highest BCUT2D eigenvalue weighted by Gasteiger charge is 2.45. The first-order chi connectivity index (χ1) is 11.0. The molecule has 3 atom stereocenters. The summed E-state index contributed by atoms with van der Waals surface area (Å²) in [6.07, 6.45) is 0.0573. The normalized spacial score (nSPS) is 24.9.